The second-order valence-electron chi connectivity index (χ2n) is 18.7. The molecule has 0 radical (unpaired) electrons. The molecule has 378 valence electrons. The van der Waals surface area contributed by atoms with Crippen LogP contribution in [0, 0.1) is 0 Å². The van der Waals surface area contributed by atoms with E-state index in [-0.39, 0.29) is 42.7 Å². The third-order valence-electron chi connectivity index (χ3n) is 11.5. The van der Waals surface area contributed by atoms with E-state index in [1.54, 1.807) is 21.1 Å². The van der Waals surface area contributed by atoms with Crippen LogP contribution < -0.4 is 5.11 Å². The van der Waals surface area contributed by atoms with Crippen molar-refractivity contribution in [3.8, 4) is 0 Å². The van der Waals surface area contributed by atoms with E-state index in [0.29, 0.717) is 12.8 Å². The lowest BCUT2D eigenvalue weighted by atomic mass is 10.1. The molecule has 0 aliphatic rings. The molecule has 0 fully saturated rings. The third kappa shape index (κ3) is 45.7. The van der Waals surface area contributed by atoms with Crippen LogP contribution in [0.25, 0.3) is 0 Å². The van der Waals surface area contributed by atoms with Gasteiger partial charge in [-0.05, 0) is 83.5 Å². The molecule has 0 aromatic rings. The summed E-state index contributed by atoms with van der Waals surface area (Å²) in [6, 6.07) is -0.732. The van der Waals surface area contributed by atoms with Crippen LogP contribution >= 0.6 is 0 Å². The number of unbranched alkanes of at least 4 members (excludes halogenated alkanes) is 19. The van der Waals surface area contributed by atoms with Gasteiger partial charge in [-0.15, -0.1) is 0 Å². The van der Waals surface area contributed by atoms with Crippen LogP contribution in [-0.4, -0.2) is 75.5 Å². The van der Waals surface area contributed by atoms with Crippen molar-refractivity contribution in [3.05, 3.63) is 85.1 Å². The largest absolute Gasteiger partial charge is 0.544 e. The Hall–Kier alpha value is -3.49. The van der Waals surface area contributed by atoms with Gasteiger partial charge in [0, 0.05) is 19.3 Å². The number of ether oxygens (including phenoxy) is 3. The molecule has 0 amide bonds. The van der Waals surface area contributed by atoms with E-state index in [4.69, 9.17) is 14.2 Å². The molecule has 0 aliphatic heterocycles. The lowest BCUT2D eigenvalue weighted by Crippen LogP contribution is -2.55. The number of esters is 2. The molecule has 8 nitrogen and oxygen atoms in total. The van der Waals surface area contributed by atoms with E-state index >= 15 is 0 Å². The molecule has 2 unspecified atom stereocenters. The number of hydrogen-bond acceptors (Lipinski definition) is 7. The minimum Gasteiger partial charge on any atom is -0.544 e. The van der Waals surface area contributed by atoms with Gasteiger partial charge in [-0.3, -0.25) is 9.59 Å². The molecule has 0 N–H and O–H groups in total. The maximum atomic E-state index is 12.8. The van der Waals surface area contributed by atoms with Crippen LogP contribution in [0.15, 0.2) is 85.1 Å². The molecule has 0 heterocycles. The highest BCUT2D eigenvalue weighted by Crippen LogP contribution is 2.15. The van der Waals surface area contributed by atoms with Gasteiger partial charge in [0.2, 0.25) is 0 Å². The van der Waals surface area contributed by atoms with Crippen LogP contribution in [0.4, 0.5) is 0 Å². The summed E-state index contributed by atoms with van der Waals surface area (Å²) >= 11 is 0. The highest BCUT2D eigenvalue weighted by atomic mass is 16.6. The van der Waals surface area contributed by atoms with Gasteiger partial charge in [0.15, 0.2) is 6.10 Å². The zero-order chi connectivity index (χ0) is 48.4. The van der Waals surface area contributed by atoms with Crippen LogP contribution in [0.3, 0.4) is 0 Å². The number of rotatable bonds is 47. The Balaban J connectivity index is 4.24. The number of likely N-dealkylation sites (N-methyl/N-ethyl adjacent to an activating group) is 1. The number of carbonyl (C=O) groups is 3. The summed E-state index contributed by atoms with van der Waals surface area (Å²) in [4.78, 5) is 37.1. The molecule has 66 heavy (non-hydrogen) atoms. The normalized spacial score (nSPS) is 13.5. The SMILES string of the molecule is CC/C=C/C/C=C/C/C=C/C/C=C/CCCCCCCCCCCC(=O)OC(COCCC(C(=O)[O-])[N+](C)(C)C)COC(=O)CCCCCCCCCCCC/C=C/C/C=C/C/C=C/CC. The van der Waals surface area contributed by atoms with Crippen molar-refractivity contribution in [2.75, 3.05) is 41.0 Å². The first-order chi connectivity index (χ1) is 32.1. The van der Waals surface area contributed by atoms with Crippen LogP contribution in [-0.2, 0) is 28.6 Å². The Morgan fingerprint density at radius 2 is 0.803 bits per heavy atom. The molecule has 0 aromatic heterocycles. The van der Waals surface area contributed by atoms with E-state index < -0.39 is 18.1 Å². The molecular weight excluding hydrogens is 823 g/mol. The van der Waals surface area contributed by atoms with Gasteiger partial charge in [-0.1, -0.05) is 195 Å². The van der Waals surface area contributed by atoms with Gasteiger partial charge in [-0.2, -0.15) is 0 Å². The predicted molar refractivity (Wildman–Crippen MR) is 277 cm³/mol. The van der Waals surface area contributed by atoms with Crippen molar-refractivity contribution in [1.29, 1.82) is 0 Å². The number of hydrogen-bond donors (Lipinski definition) is 0. The van der Waals surface area contributed by atoms with Crippen molar-refractivity contribution in [2.24, 2.45) is 0 Å². The van der Waals surface area contributed by atoms with Gasteiger partial charge in [0.1, 0.15) is 12.6 Å². The van der Waals surface area contributed by atoms with E-state index in [2.05, 4.69) is 98.9 Å². The summed E-state index contributed by atoms with van der Waals surface area (Å²) in [6.45, 7) is 4.44. The molecule has 2 atom stereocenters. The average molecular weight is 922 g/mol. The molecule has 0 aromatic carbocycles. The summed E-state index contributed by atoms with van der Waals surface area (Å²) in [7, 11) is 5.41. The number of allylic oxidation sites excluding steroid dienone is 14. The number of carbonyl (C=O) groups excluding carboxylic acids is 3. The zero-order valence-corrected chi connectivity index (χ0v) is 43.1. The molecular formula is C58H99NO7. The molecule has 0 saturated heterocycles. The van der Waals surface area contributed by atoms with Crippen molar-refractivity contribution < 1.29 is 38.2 Å². The number of aliphatic carboxylic acids is 1. The highest BCUT2D eigenvalue weighted by molar-refractivity contribution is 5.70. The Kier molecular flexibility index (Phi) is 45.4. The summed E-state index contributed by atoms with van der Waals surface area (Å²) in [6.07, 6.45) is 63.2. The average Bonchev–Trinajstić information content (AvgIpc) is 3.28. The zero-order valence-electron chi connectivity index (χ0n) is 43.1. The minimum atomic E-state index is -1.13. The Bertz CT molecular complexity index is 1350. The van der Waals surface area contributed by atoms with Crippen molar-refractivity contribution in [1.82, 2.24) is 0 Å². The summed E-state index contributed by atoms with van der Waals surface area (Å²) in [5.41, 5.74) is 0. The molecule has 0 spiro atoms. The standard InChI is InChI=1S/C58H99NO7/c1-6-8-10-12-14-16-18-20-22-24-26-28-29-31-33-35-37-39-41-43-45-47-49-57(61)66-54(52-64-51-50-55(58(62)63)59(3,4)5)53-65-56(60)48-46-44-42-40-38-36-34-32-30-27-25-23-21-19-17-15-13-11-9-7-2/h8-11,14-17,20-23,26,28,54-55H,6-7,12-13,18-19,24-25,27,29-53H2,1-5H3/b10-8+,11-9+,16-14+,17-15+,22-20+,23-21+,28-26+. The molecule has 8 heteroatoms. The smallest absolute Gasteiger partial charge is 0.306 e. The Morgan fingerprint density at radius 3 is 1.18 bits per heavy atom. The fourth-order valence-electron chi connectivity index (χ4n) is 7.49. The fraction of sp³-hybridized carbons (Fsp3) is 0.707. The van der Waals surface area contributed by atoms with Crippen LogP contribution in [0.1, 0.15) is 213 Å². The number of nitrogens with zero attached hydrogens (tertiary/aromatic N) is 1. The number of carboxylic acids is 1. The second-order valence-corrected chi connectivity index (χ2v) is 18.7. The predicted octanol–water partition coefficient (Wildman–Crippen LogP) is 14.3. The number of carboxylic acid groups (broad SMARTS) is 1. The lowest BCUT2D eigenvalue weighted by Gasteiger charge is -2.34. The van der Waals surface area contributed by atoms with Crippen molar-refractivity contribution >= 4 is 17.9 Å². The maximum absolute atomic E-state index is 12.8. The summed E-state index contributed by atoms with van der Waals surface area (Å²) < 4.78 is 17.3. The maximum Gasteiger partial charge on any atom is 0.306 e. The van der Waals surface area contributed by atoms with Gasteiger partial charge >= 0.3 is 11.9 Å². The first-order valence-electron chi connectivity index (χ1n) is 26.6. The van der Waals surface area contributed by atoms with Gasteiger partial charge < -0.3 is 28.6 Å². The first kappa shape index (κ1) is 62.5. The van der Waals surface area contributed by atoms with Crippen molar-refractivity contribution in [2.45, 2.75) is 225 Å². The number of quaternary nitrogens is 1. The van der Waals surface area contributed by atoms with E-state index in [9.17, 15) is 19.5 Å². The quantitative estimate of drug-likeness (QED) is 0.0259. The summed E-state index contributed by atoms with van der Waals surface area (Å²) in [5, 5.41) is 11.7. The van der Waals surface area contributed by atoms with E-state index in [1.807, 2.05) is 0 Å². The molecule has 0 bridgehead atoms. The van der Waals surface area contributed by atoms with E-state index in [1.165, 1.54) is 89.9 Å². The Labute approximate surface area is 405 Å². The lowest BCUT2D eigenvalue weighted by molar-refractivity contribution is -0.889. The van der Waals surface area contributed by atoms with Crippen LogP contribution in [0.2, 0.25) is 0 Å². The topological polar surface area (TPSA) is 102 Å². The minimum absolute atomic E-state index is 0.0336. The van der Waals surface area contributed by atoms with Gasteiger partial charge in [-0.25, -0.2) is 0 Å². The first-order valence-corrected chi connectivity index (χ1v) is 26.6. The fourth-order valence-corrected chi connectivity index (χ4v) is 7.49. The third-order valence-corrected chi connectivity index (χ3v) is 11.5. The second kappa shape index (κ2) is 48.0. The van der Waals surface area contributed by atoms with Gasteiger partial charge in [0.05, 0.1) is 40.3 Å². The molecule has 0 rings (SSSR count). The summed E-state index contributed by atoms with van der Waals surface area (Å²) in [5.74, 6) is -1.75. The molecule has 0 aliphatic carbocycles. The van der Waals surface area contributed by atoms with Crippen LogP contribution in [0.5, 0.6) is 0 Å². The van der Waals surface area contributed by atoms with E-state index in [0.717, 1.165) is 89.9 Å². The molecule has 0 saturated carbocycles. The van der Waals surface area contributed by atoms with Crippen molar-refractivity contribution in [3.63, 3.8) is 0 Å². The van der Waals surface area contributed by atoms with Gasteiger partial charge in [0.25, 0.3) is 0 Å². The highest BCUT2D eigenvalue weighted by Gasteiger charge is 2.25. The Morgan fingerprint density at radius 1 is 0.455 bits per heavy atom. The monoisotopic (exact) mass is 922 g/mol.